The second kappa shape index (κ2) is 8.16. The first-order valence-electron chi connectivity index (χ1n) is 10.3. The molecule has 0 aliphatic carbocycles. The Hall–Kier alpha value is -3.58. The topological polar surface area (TPSA) is 74.1 Å². The molecule has 1 fully saturated rings. The van der Waals surface area contributed by atoms with E-state index in [9.17, 15) is 14.4 Å². The highest BCUT2D eigenvalue weighted by Crippen LogP contribution is 2.27. The van der Waals surface area contributed by atoms with Gasteiger partial charge in [-0.25, -0.2) is 0 Å². The Morgan fingerprint density at radius 1 is 0.906 bits per heavy atom. The molecule has 2 aliphatic rings. The van der Waals surface area contributed by atoms with Crippen molar-refractivity contribution in [1.29, 1.82) is 0 Å². The number of imide groups is 1. The maximum atomic E-state index is 13.1. The van der Waals surface area contributed by atoms with Crippen molar-refractivity contribution in [2.24, 2.45) is 0 Å². The van der Waals surface area contributed by atoms with Crippen LogP contribution >= 0.6 is 11.6 Å². The molecule has 1 saturated heterocycles. The molecule has 3 amide bonds. The quantitative estimate of drug-likeness (QED) is 0.568. The number of carbonyl (C=O) groups is 3. The number of hydrogen-bond acceptors (Lipinski definition) is 5. The van der Waals surface area contributed by atoms with Crippen LogP contribution in [-0.4, -0.2) is 53.7 Å². The predicted octanol–water partition coefficient (Wildman–Crippen LogP) is 3.69. The maximum absolute atomic E-state index is 13.1. The molecular formula is C24H20ClN3O4. The maximum Gasteiger partial charge on any atom is 0.261 e. The third-order valence-electron chi connectivity index (χ3n) is 5.87. The molecule has 7 nitrogen and oxygen atoms in total. The summed E-state index contributed by atoms with van der Waals surface area (Å²) in [5.41, 5.74) is 2.04. The van der Waals surface area contributed by atoms with Crippen LogP contribution in [0.3, 0.4) is 0 Å². The van der Waals surface area contributed by atoms with E-state index in [1.165, 1.54) is 12.3 Å². The average molecular weight is 450 g/mol. The van der Waals surface area contributed by atoms with E-state index < -0.39 is 5.91 Å². The molecule has 5 rings (SSSR count). The van der Waals surface area contributed by atoms with Crippen molar-refractivity contribution in [2.45, 2.75) is 6.54 Å². The molecule has 0 bridgehead atoms. The fourth-order valence-electron chi connectivity index (χ4n) is 4.13. The third-order valence-corrected chi connectivity index (χ3v) is 6.12. The van der Waals surface area contributed by atoms with Gasteiger partial charge in [-0.1, -0.05) is 11.6 Å². The Morgan fingerprint density at radius 2 is 1.62 bits per heavy atom. The zero-order chi connectivity index (χ0) is 22.2. The van der Waals surface area contributed by atoms with Gasteiger partial charge >= 0.3 is 0 Å². The number of anilines is 1. The largest absolute Gasteiger partial charge is 0.467 e. The summed E-state index contributed by atoms with van der Waals surface area (Å²) in [4.78, 5) is 43.7. The number of hydrogen-bond donors (Lipinski definition) is 0. The summed E-state index contributed by atoms with van der Waals surface area (Å²) in [6, 6.07) is 15.8. The summed E-state index contributed by atoms with van der Waals surface area (Å²) in [6.45, 7) is 2.60. The van der Waals surface area contributed by atoms with Crippen LogP contribution in [0.1, 0.15) is 36.8 Å². The van der Waals surface area contributed by atoms with Crippen LogP contribution in [0.4, 0.5) is 5.69 Å². The van der Waals surface area contributed by atoms with Crippen molar-refractivity contribution in [2.75, 3.05) is 31.1 Å². The molecule has 8 heteroatoms. The number of halogens is 1. The van der Waals surface area contributed by atoms with Gasteiger partial charge in [-0.15, -0.1) is 0 Å². The minimum absolute atomic E-state index is 0.0648. The number of furan rings is 1. The second-order valence-electron chi connectivity index (χ2n) is 7.79. The zero-order valence-electron chi connectivity index (χ0n) is 17.2. The van der Waals surface area contributed by atoms with Crippen LogP contribution in [0.15, 0.2) is 65.3 Å². The van der Waals surface area contributed by atoms with Gasteiger partial charge in [-0.3, -0.25) is 19.3 Å². The predicted molar refractivity (Wildman–Crippen MR) is 119 cm³/mol. The Labute approximate surface area is 189 Å². The Bertz CT molecular complexity index is 1180. The summed E-state index contributed by atoms with van der Waals surface area (Å²) in [7, 11) is 0. The van der Waals surface area contributed by atoms with Gasteiger partial charge < -0.3 is 14.2 Å². The molecule has 3 aromatic rings. The standard InChI is InChI=1S/C24H20ClN3O4/c25-17-4-6-18(7-5-17)26-9-11-27(12-10-26)22(29)16-3-8-20-21(14-16)24(31)28(23(20)30)15-19-2-1-13-32-19/h1-8,13-14H,9-12,15H2. The van der Waals surface area contributed by atoms with E-state index in [4.69, 9.17) is 16.0 Å². The SMILES string of the molecule is O=C(c1ccc2c(c1)C(=O)N(Cc1ccco1)C2=O)N1CCN(c2ccc(Cl)cc2)CC1. The van der Waals surface area contributed by atoms with Crippen molar-refractivity contribution in [3.05, 3.63) is 88.3 Å². The molecule has 0 radical (unpaired) electrons. The van der Waals surface area contributed by atoms with E-state index in [1.807, 2.05) is 24.3 Å². The molecule has 0 saturated carbocycles. The van der Waals surface area contributed by atoms with E-state index in [0.29, 0.717) is 48.1 Å². The molecule has 0 unspecified atom stereocenters. The molecule has 2 aromatic carbocycles. The van der Waals surface area contributed by atoms with Crippen LogP contribution in [0.25, 0.3) is 0 Å². The van der Waals surface area contributed by atoms with Gasteiger partial charge in [0, 0.05) is 42.5 Å². The fraction of sp³-hybridized carbons (Fsp3) is 0.208. The highest BCUT2D eigenvalue weighted by Gasteiger charge is 2.37. The van der Waals surface area contributed by atoms with E-state index in [-0.39, 0.29) is 23.9 Å². The van der Waals surface area contributed by atoms with Crippen LogP contribution in [0.2, 0.25) is 5.02 Å². The van der Waals surface area contributed by atoms with E-state index in [1.54, 1.807) is 29.2 Å². The summed E-state index contributed by atoms with van der Waals surface area (Å²) in [6.07, 6.45) is 1.50. The van der Waals surface area contributed by atoms with E-state index in [0.717, 1.165) is 10.6 Å². The van der Waals surface area contributed by atoms with Gasteiger partial charge in [0.15, 0.2) is 0 Å². The molecule has 0 N–H and O–H groups in total. The number of rotatable bonds is 4. The van der Waals surface area contributed by atoms with Gasteiger partial charge in [-0.05, 0) is 54.6 Å². The van der Waals surface area contributed by atoms with Crippen LogP contribution in [0.5, 0.6) is 0 Å². The van der Waals surface area contributed by atoms with E-state index in [2.05, 4.69) is 4.90 Å². The Kier molecular flexibility index (Phi) is 5.19. The van der Waals surface area contributed by atoms with Gasteiger partial charge in [0.25, 0.3) is 17.7 Å². The molecule has 3 heterocycles. The molecule has 0 spiro atoms. The first-order valence-corrected chi connectivity index (χ1v) is 10.7. The van der Waals surface area contributed by atoms with Crippen molar-refractivity contribution in [3.8, 4) is 0 Å². The van der Waals surface area contributed by atoms with Gasteiger partial charge in [0.1, 0.15) is 5.76 Å². The van der Waals surface area contributed by atoms with Crippen LogP contribution in [-0.2, 0) is 6.54 Å². The number of nitrogens with zero attached hydrogens (tertiary/aromatic N) is 3. The minimum atomic E-state index is -0.413. The fourth-order valence-corrected chi connectivity index (χ4v) is 4.25. The number of piperazine rings is 1. The van der Waals surface area contributed by atoms with Crippen molar-refractivity contribution < 1.29 is 18.8 Å². The van der Waals surface area contributed by atoms with Crippen molar-refractivity contribution in [1.82, 2.24) is 9.80 Å². The summed E-state index contributed by atoms with van der Waals surface area (Å²) < 4.78 is 5.26. The number of benzene rings is 2. The first-order chi connectivity index (χ1) is 15.5. The Morgan fingerprint density at radius 3 is 2.31 bits per heavy atom. The smallest absolute Gasteiger partial charge is 0.261 e. The number of amides is 3. The lowest BCUT2D eigenvalue weighted by atomic mass is 10.0. The monoisotopic (exact) mass is 449 g/mol. The lowest BCUT2D eigenvalue weighted by molar-refractivity contribution is 0.0631. The average Bonchev–Trinajstić information content (AvgIpc) is 3.42. The minimum Gasteiger partial charge on any atom is -0.467 e. The lowest BCUT2D eigenvalue weighted by Crippen LogP contribution is -2.48. The third kappa shape index (κ3) is 3.65. The highest BCUT2D eigenvalue weighted by atomic mass is 35.5. The van der Waals surface area contributed by atoms with Crippen molar-refractivity contribution >= 4 is 35.0 Å². The molecular weight excluding hydrogens is 430 g/mol. The van der Waals surface area contributed by atoms with Crippen LogP contribution in [0, 0.1) is 0 Å². The molecule has 2 aliphatic heterocycles. The summed E-state index contributed by atoms with van der Waals surface area (Å²) in [5.74, 6) is -0.414. The van der Waals surface area contributed by atoms with Crippen LogP contribution < -0.4 is 4.90 Å². The van der Waals surface area contributed by atoms with E-state index >= 15 is 0 Å². The normalized spacial score (nSPS) is 16.0. The molecule has 1 aromatic heterocycles. The molecule has 162 valence electrons. The van der Waals surface area contributed by atoms with Crippen molar-refractivity contribution in [3.63, 3.8) is 0 Å². The number of fused-ring (bicyclic) bond motifs is 1. The summed E-state index contributed by atoms with van der Waals surface area (Å²) in [5, 5.41) is 0.690. The second-order valence-corrected chi connectivity index (χ2v) is 8.23. The van der Waals surface area contributed by atoms with Gasteiger partial charge in [0.05, 0.1) is 23.9 Å². The molecule has 32 heavy (non-hydrogen) atoms. The molecule has 0 atom stereocenters. The number of carbonyl (C=O) groups excluding carboxylic acids is 3. The zero-order valence-corrected chi connectivity index (χ0v) is 17.9. The van der Waals surface area contributed by atoms with Gasteiger partial charge in [-0.2, -0.15) is 0 Å². The summed E-state index contributed by atoms with van der Waals surface area (Å²) >= 11 is 5.96. The van der Waals surface area contributed by atoms with Gasteiger partial charge in [0.2, 0.25) is 0 Å². The lowest BCUT2D eigenvalue weighted by Gasteiger charge is -2.36. The Balaban J connectivity index is 1.28. The highest BCUT2D eigenvalue weighted by molar-refractivity contribution is 6.30. The first kappa shape index (κ1) is 20.3.